The van der Waals surface area contributed by atoms with Gasteiger partial charge in [-0.1, -0.05) is 6.07 Å². The maximum atomic E-state index is 12.7. The van der Waals surface area contributed by atoms with Crippen molar-refractivity contribution in [2.24, 2.45) is 0 Å². The topological polar surface area (TPSA) is 74.2 Å². The molecule has 29 heavy (non-hydrogen) atoms. The largest absolute Gasteiger partial charge is 0.417 e. The quantitative estimate of drug-likeness (QED) is 0.697. The van der Waals surface area contributed by atoms with E-state index in [4.69, 9.17) is 0 Å². The lowest BCUT2D eigenvalue weighted by Crippen LogP contribution is -2.48. The molecule has 0 spiro atoms. The number of pyridine rings is 1. The Morgan fingerprint density at radius 3 is 2.59 bits per heavy atom. The molecule has 1 amide bonds. The fraction of sp³-hybridized carbons (Fsp3) is 0.333. The summed E-state index contributed by atoms with van der Waals surface area (Å²) in [5.74, 6) is 0.358. The van der Waals surface area contributed by atoms with Crippen LogP contribution >= 0.6 is 11.7 Å². The number of rotatable bonds is 4. The number of nitrogens with one attached hydrogen (secondary N) is 1. The lowest BCUT2D eigenvalue weighted by atomic mass is 10.2. The minimum atomic E-state index is -4.39. The number of benzene rings is 1. The average Bonchev–Trinajstić information content (AvgIpc) is 3.18. The molecule has 11 heteroatoms. The number of piperazine rings is 1. The van der Waals surface area contributed by atoms with Crippen LogP contribution in [0.1, 0.15) is 5.56 Å². The van der Waals surface area contributed by atoms with Crippen LogP contribution in [0.15, 0.2) is 36.5 Å². The maximum absolute atomic E-state index is 12.7. The standard InChI is InChI=1S/C18H17F3N6OS/c19-18(20,21)12-4-5-15(22-10-12)27-8-6-26(7-9-27)11-16(28)23-13-2-1-3-14-17(13)25-29-24-14/h1-5,10H,6-9,11H2,(H,23,28). The number of fused-ring (bicyclic) bond motifs is 1. The lowest BCUT2D eigenvalue weighted by Gasteiger charge is -2.35. The molecule has 3 aromatic rings. The van der Waals surface area contributed by atoms with E-state index < -0.39 is 11.7 Å². The Bertz CT molecular complexity index is 999. The van der Waals surface area contributed by atoms with Crippen LogP contribution in [0.2, 0.25) is 0 Å². The summed E-state index contributed by atoms with van der Waals surface area (Å²) in [4.78, 5) is 20.2. The van der Waals surface area contributed by atoms with Gasteiger partial charge in [0.2, 0.25) is 5.91 Å². The first-order chi connectivity index (χ1) is 13.9. The number of halogens is 3. The van der Waals surface area contributed by atoms with Crippen molar-refractivity contribution >= 4 is 40.2 Å². The van der Waals surface area contributed by atoms with Gasteiger partial charge < -0.3 is 10.2 Å². The first-order valence-electron chi connectivity index (χ1n) is 8.92. The number of aromatic nitrogens is 3. The Morgan fingerprint density at radius 2 is 1.90 bits per heavy atom. The number of hydrogen-bond donors (Lipinski definition) is 1. The molecule has 0 bridgehead atoms. The van der Waals surface area contributed by atoms with Crippen molar-refractivity contribution in [1.82, 2.24) is 18.6 Å². The second-order valence-electron chi connectivity index (χ2n) is 6.65. The third kappa shape index (κ3) is 4.46. The zero-order chi connectivity index (χ0) is 20.4. The SMILES string of the molecule is O=C(CN1CCN(c2ccc(C(F)(F)F)cn2)CC1)Nc1cccc2nsnc12. The molecule has 1 saturated heterocycles. The molecule has 1 fully saturated rings. The van der Waals surface area contributed by atoms with E-state index in [-0.39, 0.29) is 12.5 Å². The van der Waals surface area contributed by atoms with Crippen LogP contribution in [0.3, 0.4) is 0 Å². The zero-order valence-electron chi connectivity index (χ0n) is 15.2. The monoisotopic (exact) mass is 422 g/mol. The second-order valence-corrected chi connectivity index (χ2v) is 7.18. The summed E-state index contributed by atoms with van der Waals surface area (Å²) >= 11 is 1.09. The van der Waals surface area contributed by atoms with Crippen molar-refractivity contribution in [1.29, 1.82) is 0 Å². The van der Waals surface area contributed by atoms with Gasteiger partial charge in [-0.2, -0.15) is 21.9 Å². The summed E-state index contributed by atoms with van der Waals surface area (Å²) in [6.45, 7) is 2.61. The van der Waals surface area contributed by atoms with Crippen LogP contribution in [0.4, 0.5) is 24.7 Å². The van der Waals surface area contributed by atoms with E-state index in [1.807, 2.05) is 21.9 Å². The van der Waals surface area contributed by atoms with E-state index in [1.165, 1.54) is 6.07 Å². The van der Waals surface area contributed by atoms with E-state index in [0.29, 0.717) is 43.2 Å². The Morgan fingerprint density at radius 1 is 1.10 bits per heavy atom. The summed E-state index contributed by atoms with van der Waals surface area (Å²) in [7, 11) is 0. The molecule has 0 aliphatic carbocycles. The van der Waals surface area contributed by atoms with E-state index in [0.717, 1.165) is 29.5 Å². The van der Waals surface area contributed by atoms with Gasteiger partial charge in [0.15, 0.2) is 0 Å². The molecule has 1 aromatic carbocycles. The van der Waals surface area contributed by atoms with Gasteiger partial charge in [0.1, 0.15) is 16.9 Å². The summed E-state index contributed by atoms with van der Waals surface area (Å²) in [5, 5.41) is 2.87. The number of nitrogens with zero attached hydrogens (tertiary/aromatic N) is 5. The molecule has 2 aromatic heterocycles. The summed E-state index contributed by atoms with van der Waals surface area (Å²) in [6.07, 6.45) is -3.54. The van der Waals surface area contributed by atoms with Crippen LogP contribution < -0.4 is 10.2 Å². The molecule has 0 unspecified atom stereocenters. The van der Waals surface area contributed by atoms with Crippen molar-refractivity contribution in [3.63, 3.8) is 0 Å². The van der Waals surface area contributed by atoms with Gasteiger partial charge in [-0.15, -0.1) is 0 Å². The van der Waals surface area contributed by atoms with Gasteiger partial charge in [-0.25, -0.2) is 4.98 Å². The Labute approximate surface area is 168 Å². The van der Waals surface area contributed by atoms with Crippen molar-refractivity contribution in [2.75, 3.05) is 42.9 Å². The molecule has 4 rings (SSSR count). The Balaban J connectivity index is 1.30. The predicted octanol–water partition coefficient (Wildman–Crippen LogP) is 2.87. The van der Waals surface area contributed by atoms with Crippen LogP contribution in [0, 0.1) is 0 Å². The molecule has 152 valence electrons. The highest BCUT2D eigenvalue weighted by Crippen LogP contribution is 2.29. The third-order valence-electron chi connectivity index (χ3n) is 4.70. The van der Waals surface area contributed by atoms with Gasteiger partial charge >= 0.3 is 6.18 Å². The first kappa shape index (κ1) is 19.5. The molecular weight excluding hydrogens is 405 g/mol. The van der Waals surface area contributed by atoms with Crippen molar-refractivity contribution in [2.45, 2.75) is 6.18 Å². The highest BCUT2D eigenvalue weighted by Gasteiger charge is 2.31. The van der Waals surface area contributed by atoms with Gasteiger partial charge in [0.05, 0.1) is 29.5 Å². The normalized spacial score (nSPS) is 15.6. The van der Waals surface area contributed by atoms with Crippen molar-refractivity contribution in [3.05, 3.63) is 42.1 Å². The van der Waals surface area contributed by atoms with Crippen molar-refractivity contribution in [3.8, 4) is 0 Å². The minimum Gasteiger partial charge on any atom is -0.354 e. The van der Waals surface area contributed by atoms with E-state index in [2.05, 4.69) is 19.0 Å². The highest BCUT2D eigenvalue weighted by molar-refractivity contribution is 7.00. The maximum Gasteiger partial charge on any atom is 0.417 e. The van der Waals surface area contributed by atoms with Crippen LogP contribution in [-0.2, 0) is 11.0 Å². The molecule has 7 nitrogen and oxygen atoms in total. The fourth-order valence-electron chi connectivity index (χ4n) is 3.18. The van der Waals surface area contributed by atoms with E-state index >= 15 is 0 Å². The molecule has 0 saturated carbocycles. The summed E-state index contributed by atoms with van der Waals surface area (Å²) in [5.41, 5.74) is 1.28. The van der Waals surface area contributed by atoms with Gasteiger partial charge in [-0.3, -0.25) is 9.69 Å². The molecule has 1 aliphatic heterocycles. The number of carbonyl (C=O) groups excluding carboxylic acids is 1. The summed E-state index contributed by atoms with van der Waals surface area (Å²) < 4.78 is 46.3. The van der Waals surface area contributed by atoms with Gasteiger partial charge in [-0.05, 0) is 24.3 Å². The van der Waals surface area contributed by atoms with Crippen LogP contribution in [0.25, 0.3) is 11.0 Å². The highest BCUT2D eigenvalue weighted by atomic mass is 32.1. The Hall–Kier alpha value is -2.79. The molecular formula is C18H17F3N6OS. The summed E-state index contributed by atoms with van der Waals surface area (Å²) in [6, 6.07) is 7.86. The number of amides is 1. The number of anilines is 2. The third-order valence-corrected chi connectivity index (χ3v) is 5.24. The molecule has 1 aliphatic rings. The predicted molar refractivity (Wildman–Crippen MR) is 104 cm³/mol. The van der Waals surface area contributed by atoms with Crippen LogP contribution in [-0.4, -0.2) is 57.3 Å². The van der Waals surface area contributed by atoms with E-state index in [9.17, 15) is 18.0 Å². The van der Waals surface area contributed by atoms with Crippen molar-refractivity contribution < 1.29 is 18.0 Å². The fourth-order valence-corrected chi connectivity index (χ4v) is 3.73. The molecule has 0 radical (unpaired) electrons. The minimum absolute atomic E-state index is 0.147. The second kappa shape index (κ2) is 7.91. The first-order valence-corrected chi connectivity index (χ1v) is 9.65. The zero-order valence-corrected chi connectivity index (χ0v) is 16.0. The van der Waals surface area contributed by atoms with Crippen LogP contribution in [0.5, 0.6) is 0 Å². The molecule has 1 N–H and O–H groups in total. The smallest absolute Gasteiger partial charge is 0.354 e. The molecule has 0 atom stereocenters. The lowest BCUT2D eigenvalue weighted by molar-refractivity contribution is -0.137. The number of alkyl halides is 3. The van der Waals surface area contributed by atoms with E-state index in [1.54, 1.807) is 6.07 Å². The number of hydrogen-bond acceptors (Lipinski definition) is 7. The molecule has 3 heterocycles. The average molecular weight is 422 g/mol. The van der Waals surface area contributed by atoms with Gasteiger partial charge in [0, 0.05) is 32.4 Å². The number of carbonyl (C=O) groups is 1. The Kier molecular flexibility index (Phi) is 5.33. The van der Waals surface area contributed by atoms with Gasteiger partial charge in [0.25, 0.3) is 0 Å².